The highest BCUT2D eigenvalue weighted by Gasteiger charge is 2.12. The van der Waals surface area contributed by atoms with Gasteiger partial charge in [0.2, 0.25) is 5.95 Å². The second-order valence-electron chi connectivity index (χ2n) is 4.00. The summed E-state index contributed by atoms with van der Waals surface area (Å²) in [6, 6.07) is 4.99. The summed E-state index contributed by atoms with van der Waals surface area (Å²) in [4.78, 5) is 16.2. The van der Waals surface area contributed by atoms with Gasteiger partial charge in [-0.3, -0.25) is 10.1 Å². The molecule has 0 unspecified atom stereocenters. The van der Waals surface area contributed by atoms with Gasteiger partial charge in [0.25, 0.3) is 5.91 Å². The third-order valence-electron chi connectivity index (χ3n) is 2.55. The van der Waals surface area contributed by atoms with Crippen LogP contribution in [0.4, 0.5) is 11.6 Å². The Bertz CT molecular complexity index is 644. The highest BCUT2D eigenvalue weighted by Crippen LogP contribution is 2.20. The number of anilines is 2. The van der Waals surface area contributed by atoms with Crippen LogP contribution in [0.2, 0.25) is 0 Å². The summed E-state index contributed by atoms with van der Waals surface area (Å²) in [7, 11) is 0. The molecule has 0 atom stereocenters. The number of nitrogens with zero attached hydrogens (tertiary/aromatic N) is 3. The molecule has 98 valence electrons. The standard InChI is InChI=1S/C12H12BrN5O/c1-6-7(2)17-18-12(15-6)16-11(19)9-5-8(14)3-4-10(9)13/h3-5H,14H2,1-2H3,(H,15,16,18,19). The molecule has 0 bridgehead atoms. The van der Waals surface area contributed by atoms with Gasteiger partial charge in [0.05, 0.1) is 17.0 Å². The van der Waals surface area contributed by atoms with Gasteiger partial charge in [-0.1, -0.05) is 0 Å². The van der Waals surface area contributed by atoms with E-state index in [4.69, 9.17) is 5.73 Å². The van der Waals surface area contributed by atoms with Crippen LogP contribution < -0.4 is 11.1 Å². The van der Waals surface area contributed by atoms with Gasteiger partial charge in [-0.05, 0) is 48.0 Å². The molecule has 1 amide bonds. The van der Waals surface area contributed by atoms with Crippen LogP contribution in [0.1, 0.15) is 21.7 Å². The molecular formula is C12H12BrN5O. The van der Waals surface area contributed by atoms with E-state index in [0.29, 0.717) is 15.7 Å². The number of nitrogens with one attached hydrogen (secondary N) is 1. The summed E-state index contributed by atoms with van der Waals surface area (Å²) in [6.45, 7) is 3.60. The first kappa shape index (κ1) is 13.4. The largest absolute Gasteiger partial charge is 0.399 e. The molecule has 0 aliphatic carbocycles. The van der Waals surface area contributed by atoms with E-state index in [0.717, 1.165) is 11.4 Å². The summed E-state index contributed by atoms with van der Waals surface area (Å²) < 4.78 is 0.649. The zero-order valence-corrected chi connectivity index (χ0v) is 12.0. The zero-order valence-electron chi connectivity index (χ0n) is 10.4. The number of nitrogens with two attached hydrogens (primary N) is 1. The van der Waals surface area contributed by atoms with Gasteiger partial charge in [-0.25, -0.2) is 4.98 Å². The molecule has 1 aromatic carbocycles. The molecule has 6 nitrogen and oxygen atoms in total. The third-order valence-corrected chi connectivity index (χ3v) is 3.24. The van der Waals surface area contributed by atoms with Gasteiger partial charge in [0.15, 0.2) is 0 Å². The molecule has 0 aliphatic heterocycles. The Labute approximate surface area is 118 Å². The molecule has 1 heterocycles. The fourth-order valence-corrected chi connectivity index (χ4v) is 1.82. The molecular weight excluding hydrogens is 310 g/mol. The molecule has 2 aromatic rings. The predicted molar refractivity (Wildman–Crippen MR) is 75.8 cm³/mol. The van der Waals surface area contributed by atoms with Gasteiger partial charge < -0.3 is 5.73 Å². The second-order valence-corrected chi connectivity index (χ2v) is 4.85. The number of rotatable bonds is 2. The van der Waals surface area contributed by atoms with Crippen LogP contribution in [-0.4, -0.2) is 21.1 Å². The summed E-state index contributed by atoms with van der Waals surface area (Å²) in [6.07, 6.45) is 0. The van der Waals surface area contributed by atoms with Crippen molar-refractivity contribution in [3.05, 3.63) is 39.6 Å². The van der Waals surface area contributed by atoms with E-state index >= 15 is 0 Å². The topological polar surface area (TPSA) is 93.8 Å². The Kier molecular flexibility index (Phi) is 3.75. The van der Waals surface area contributed by atoms with Gasteiger partial charge in [-0.2, -0.15) is 5.10 Å². The van der Waals surface area contributed by atoms with Crippen molar-refractivity contribution in [3.63, 3.8) is 0 Å². The average Bonchev–Trinajstić information content (AvgIpc) is 2.36. The van der Waals surface area contributed by atoms with Crippen molar-refractivity contribution in [1.82, 2.24) is 15.2 Å². The number of halogens is 1. The van der Waals surface area contributed by atoms with Crippen molar-refractivity contribution >= 4 is 33.5 Å². The van der Waals surface area contributed by atoms with E-state index in [1.807, 2.05) is 0 Å². The maximum Gasteiger partial charge on any atom is 0.259 e. The summed E-state index contributed by atoms with van der Waals surface area (Å²) >= 11 is 3.30. The average molecular weight is 322 g/mol. The van der Waals surface area contributed by atoms with Crippen molar-refractivity contribution in [2.75, 3.05) is 11.1 Å². The molecule has 0 saturated carbocycles. The molecule has 0 saturated heterocycles. The minimum atomic E-state index is -0.343. The Balaban J connectivity index is 2.25. The number of hydrogen-bond donors (Lipinski definition) is 2. The summed E-state index contributed by atoms with van der Waals surface area (Å²) in [5, 5.41) is 10.3. The molecule has 19 heavy (non-hydrogen) atoms. The quantitative estimate of drug-likeness (QED) is 0.826. The molecule has 1 aromatic heterocycles. The first-order valence-corrected chi connectivity index (χ1v) is 6.31. The van der Waals surface area contributed by atoms with E-state index in [1.165, 1.54) is 0 Å². The lowest BCUT2D eigenvalue weighted by molar-refractivity contribution is 0.102. The number of carbonyl (C=O) groups is 1. The zero-order chi connectivity index (χ0) is 14.0. The van der Waals surface area contributed by atoms with Gasteiger partial charge in [0.1, 0.15) is 0 Å². The number of carbonyl (C=O) groups excluding carboxylic acids is 1. The Morgan fingerprint density at radius 3 is 2.68 bits per heavy atom. The van der Waals surface area contributed by atoms with Crippen molar-refractivity contribution in [2.45, 2.75) is 13.8 Å². The Morgan fingerprint density at radius 1 is 1.26 bits per heavy atom. The van der Waals surface area contributed by atoms with Gasteiger partial charge in [-0.15, -0.1) is 5.10 Å². The van der Waals surface area contributed by atoms with E-state index in [9.17, 15) is 4.79 Å². The minimum Gasteiger partial charge on any atom is -0.399 e. The molecule has 2 rings (SSSR count). The number of benzene rings is 1. The fraction of sp³-hybridized carbons (Fsp3) is 0.167. The minimum absolute atomic E-state index is 0.169. The lowest BCUT2D eigenvalue weighted by atomic mass is 10.2. The number of hydrogen-bond acceptors (Lipinski definition) is 5. The van der Waals surface area contributed by atoms with E-state index in [-0.39, 0.29) is 11.9 Å². The molecule has 3 N–H and O–H groups in total. The molecule has 0 fully saturated rings. The highest BCUT2D eigenvalue weighted by atomic mass is 79.9. The fourth-order valence-electron chi connectivity index (χ4n) is 1.40. The normalized spacial score (nSPS) is 10.3. The maximum atomic E-state index is 12.1. The van der Waals surface area contributed by atoms with E-state index in [2.05, 4.69) is 36.4 Å². The van der Waals surface area contributed by atoms with Crippen LogP contribution in [0.15, 0.2) is 22.7 Å². The van der Waals surface area contributed by atoms with Crippen molar-refractivity contribution in [3.8, 4) is 0 Å². The summed E-state index contributed by atoms with van der Waals surface area (Å²) in [5.74, 6) is -0.174. The number of aryl methyl sites for hydroxylation is 2. The number of aromatic nitrogens is 3. The molecule has 0 aliphatic rings. The Hall–Kier alpha value is -2.02. The predicted octanol–water partition coefficient (Wildman–Crippen LogP) is 2.09. The SMILES string of the molecule is Cc1nnc(NC(=O)c2cc(N)ccc2Br)nc1C. The van der Waals surface area contributed by atoms with Crippen LogP contribution in [0.5, 0.6) is 0 Å². The van der Waals surface area contributed by atoms with Crippen molar-refractivity contribution in [1.29, 1.82) is 0 Å². The second kappa shape index (κ2) is 5.31. The van der Waals surface area contributed by atoms with E-state index < -0.39 is 0 Å². The van der Waals surface area contributed by atoms with E-state index in [1.54, 1.807) is 32.0 Å². The number of amides is 1. The molecule has 0 radical (unpaired) electrons. The third kappa shape index (κ3) is 3.05. The monoisotopic (exact) mass is 321 g/mol. The Morgan fingerprint density at radius 2 is 2.00 bits per heavy atom. The lowest BCUT2D eigenvalue weighted by Gasteiger charge is -2.07. The smallest absolute Gasteiger partial charge is 0.259 e. The highest BCUT2D eigenvalue weighted by molar-refractivity contribution is 9.10. The lowest BCUT2D eigenvalue weighted by Crippen LogP contribution is -2.16. The van der Waals surface area contributed by atoms with Crippen LogP contribution >= 0.6 is 15.9 Å². The molecule has 0 spiro atoms. The maximum absolute atomic E-state index is 12.1. The first-order chi connectivity index (χ1) is 8.97. The van der Waals surface area contributed by atoms with Crippen LogP contribution in [-0.2, 0) is 0 Å². The molecule has 7 heteroatoms. The van der Waals surface area contributed by atoms with Crippen molar-refractivity contribution < 1.29 is 4.79 Å². The summed E-state index contributed by atoms with van der Waals surface area (Å²) in [5.41, 5.74) is 8.03. The van der Waals surface area contributed by atoms with Gasteiger partial charge >= 0.3 is 0 Å². The van der Waals surface area contributed by atoms with Crippen LogP contribution in [0, 0.1) is 13.8 Å². The van der Waals surface area contributed by atoms with Crippen LogP contribution in [0.25, 0.3) is 0 Å². The number of nitrogen functional groups attached to an aromatic ring is 1. The van der Waals surface area contributed by atoms with Gasteiger partial charge in [0, 0.05) is 10.2 Å². The van der Waals surface area contributed by atoms with Crippen molar-refractivity contribution in [2.24, 2.45) is 0 Å². The first-order valence-electron chi connectivity index (χ1n) is 5.51. The van der Waals surface area contributed by atoms with Crippen LogP contribution in [0.3, 0.4) is 0 Å².